The summed E-state index contributed by atoms with van der Waals surface area (Å²) in [5.41, 5.74) is -2.63. The molecule has 1 atom stereocenters. The van der Waals surface area contributed by atoms with Crippen LogP contribution < -0.4 is 15.5 Å². The summed E-state index contributed by atoms with van der Waals surface area (Å²) in [5.74, 6) is -3.02. The minimum atomic E-state index is -5.18. The van der Waals surface area contributed by atoms with Crippen molar-refractivity contribution in [2.75, 3.05) is 4.90 Å². The highest BCUT2D eigenvalue weighted by Gasteiger charge is 2.69. The molecule has 2 fully saturated rings. The van der Waals surface area contributed by atoms with Crippen LogP contribution in [0.25, 0.3) is 0 Å². The zero-order chi connectivity index (χ0) is 17.7. The van der Waals surface area contributed by atoms with E-state index < -0.39 is 35.6 Å². The number of anilines is 1. The van der Waals surface area contributed by atoms with Crippen LogP contribution in [0, 0.1) is 12.8 Å². The molecule has 4 amide bonds. The molecule has 0 radical (unpaired) electrons. The molecule has 128 valence electrons. The highest BCUT2D eigenvalue weighted by atomic mass is 19.4. The number of amides is 4. The van der Waals surface area contributed by atoms with Gasteiger partial charge in [0.25, 0.3) is 11.6 Å². The Hall–Kier alpha value is -2.58. The van der Waals surface area contributed by atoms with Crippen molar-refractivity contribution in [3.8, 4) is 0 Å². The first kappa shape index (κ1) is 16.3. The second-order valence-corrected chi connectivity index (χ2v) is 5.92. The van der Waals surface area contributed by atoms with E-state index in [-0.39, 0.29) is 5.69 Å². The number of carbonyl (C=O) groups is 3. The van der Waals surface area contributed by atoms with Gasteiger partial charge in [0.1, 0.15) is 0 Å². The van der Waals surface area contributed by atoms with Crippen LogP contribution in [-0.2, 0) is 9.59 Å². The highest BCUT2D eigenvalue weighted by Crippen LogP contribution is 2.37. The van der Waals surface area contributed by atoms with Crippen LogP contribution in [0.5, 0.6) is 0 Å². The topological polar surface area (TPSA) is 78.5 Å². The lowest BCUT2D eigenvalue weighted by atomic mass is 10.1. The Morgan fingerprint density at radius 2 is 1.83 bits per heavy atom. The molecule has 1 aliphatic carbocycles. The monoisotopic (exact) mass is 341 g/mol. The van der Waals surface area contributed by atoms with E-state index in [2.05, 4.69) is 0 Å². The summed E-state index contributed by atoms with van der Waals surface area (Å²) in [4.78, 5) is 36.7. The van der Waals surface area contributed by atoms with E-state index in [4.69, 9.17) is 0 Å². The number of benzene rings is 1. The van der Waals surface area contributed by atoms with Crippen molar-refractivity contribution in [1.82, 2.24) is 10.6 Å². The molecule has 0 spiro atoms. The lowest BCUT2D eigenvalue weighted by molar-refractivity contribution is -0.201. The van der Waals surface area contributed by atoms with E-state index in [9.17, 15) is 27.6 Å². The number of hydrogen-bond acceptors (Lipinski definition) is 3. The van der Waals surface area contributed by atoms with Gasteiger partial charge < -0.3 is 5.32 Å². The first-order valence-corrected chi connectivity index (χ1v) is 7.28. The van der Waals surface area contributed by atoms with Crippen LogP contribution in [-0.4, -0.2) is 29.7 Å². The SMILES string of the molecule is Cc1ccc(N2C(=O)N[C@@](NC(=O)C3CC3)(C(F)(F)F)C2=O)cc1. The van der Waals surface area contributed by atoms with E-state index >= 15 is 0 Å². The molecule has 1 aromatic rings. The van der Waals surface area contributed by atoms with Crippen molar-refractivity contribution in [1.29, 1.82) is 0 Å². The Morgan fingerprint density at radius 3 is 2.33 bits per heavy atom. The summed E-state index contributed by atoms with van der Waals surface area (Å²) in [5, 5.41) is 3.31. The molecule has 0 unspecified atom stereocenters. The van der Waals surface area contributed by atoms with Crippen LogP contribution in [0.15, 0.2) is 24.3 Å². The minimum Gasteiger partial charge on any atom is -0.318 e. The Bertz CT molecular complexity index is 713. The number of nitrogens with zero attached hydrogens (tertiary/aromatic N) is 1. The molecule has 1 saturated heterocycles. The summed E-state index contributed by atoms with van der Waals surface area (Å²) < 4.78 is 40.7. The number of halogens is 3. The number of carbonyl (C=O) groups excluding carboxylic acids is 3. The average Bonchev–Trinajstić information content (AvgIpc) is 3.28. The smallest absolute Gasteiger partial charge is 0.318 e. The Labute approximate surface area is 135 Å². The minimum absolute atomic E-state index is 0.00473. The number of alkyl halides is 3. The van der Waals surface area contributed by atoms with Crippen molar-refractivity contribution in [2.45, 2.75) is 31.6 Å². The first-order valence-electron chi connectivity index (χ1n) is 7.28. The van der Waals surface area contributed by atoms with Gasteiger partial charge in [0.05, 0.1) is 5.69 Å². The molecule has 1 heterocycles. The molecule has 2 aliphatic rings. The molecular weight excluding hydrogens is 327 g/mol. The van der Waals surface area contributed by atoms with Crippen molar-refractivity contribution < 1.29 is 27.6 Å². The van der Waals surface area contributed by atoms with Gasteiger partial charge >= 0.3 is 12.2 Å². The molecular formula is C15H14F3N3O3. The molecule has 1 aromatic carbocycles. The molecule has 2 N–H and O–H groups in total. The van der Waals surface area contributed by atoms with E-state index in [0.717, 1.165) is 5.56 Å². The molecule has 1 saturated carbocycles. The molecule has 3 rings (SSSR count). The van der Waals surface area contributed by atoms with Crippen LogP contribution in [0.2, 0.25) is 0 Å². The van der Waals surface area contributed by atoms with Crippen LogP contribution in [0.4, 0.5) is 23.7 Å². The van der Waals surface area contributed by atoms with Gasteiger partial charge in [0.15, 0.2) is 0 Å². The summed E-state index contributed by atoms with van der Waals surface area (Å²) in [7, 11) is 0. The fraction of sp³-hybridized carbons (Fsp3) is 0.400. The largest absolute Gasteiger partial charge is 0.440 e. The lowest BCUT2D eigenvalue weighted by Crippen LogP contribution is -2.69. The van der Waals surface area contributed by atoms with Gasteiger partial charge in [-0.1, -0.05) is 17.7 Å². The third-order valence-corrected chi connectivity index (χ3v) is 4.00. The third kappa shape index (κ3) is 2.49. The van der Waals surface area contributed by atoms with Crippen LogP contribution in [0.1, 0.15) is 18.4 Å². The summed E-state index contributed by atoms with van der Waals surface area (Å²) >= 11 is 0. The molecule has 6 nitrogen and oxygen atoms in total. The number of urea groups is 1. The fourth-order valence-corrected chi connectivity index (χ4v) is 2.44. The second-order valence-electron chi connectivity index (χ2n) is 5.92. The lowest BCUT2D eigenvalue weighted by Gasteiger charge is -2.29. The van der Waals surface area contributed by atoms with Crippen molar-refractivity contribution in [3.05, 3.63) is 29.8 Å². The average molecular weight is 341 g/mol. The number of imide groups is 1. The van der Waals surface area contributed by atoms with Gasteiger partial charge in [0.2, 0.25) is 5.91 Å². The summed E-state index contributed by atoms with van der Waals surface area (Å²) in [6.45, 7) is 1.76. The Kier molecular flexibility index (Phi) is 3.54. The number of hydrogen-bond donors (Lipinski definition) is 2. The third-order valence-electron chi connectivity index (χ3n) is 4.00. The van der Waals surface area contributed by atoms with Crippen LogP contribution in [0.3, 0.4) is 0 Å². The highest BCUT2D eigenvalue weighted by molar-refractivity contribution is 6.24. The standard InChI is InChI=1S/C15H14F3N3O3/c1-8-2-6-10(7-3-8)21-12(23)14(15(16,17)18,20-13(21)24)19-11(22)9-4-5-9/h2-3,6-7,9H,4-5H2,1H3,(H,19,22)(H,20,24)/t14-/m1/s1. The van der Waals surface area contributed by atoms with E-state index in [1.807, 2.05) is 0 Å². The quantitative estimate of drug-likeness (QED) is 0.824. The first-order chi connectivity index (χ1) is 11.2. The molecule has 24 heavy (non-hydrogen) atoms. The Morgan fingerprint density at radius 1 is 1.25 bits per heavy atom. The maximum atomic E-state index is 13.6. The maximum Gasteiger partial charge on any atom is 0.440 e. The summed E-state index contributed by atoms with van der Waals surface area (Å²) in [6, 6.07) is 4.61. The van der Waals surface area contributed by atoms with E-state index in [1.54, 1.807) is 29.7 Å². The zero-order valence-corrected chi connectivity index (χ0v) is 12.6. The van der Waals surface area contributed by atoms with Gasteiger partial charge in [0, 0.05) is 5.92 Å². The van der Waals surface area contributed by atoms with Crippen molar-refractivity contribution in [2.24, 2.45) is 5.92 Å². The predicted octanol–water partition coefficient (Wildman–Crippen LogP) is 1.84. The molecule has 9 heteroatoms. The summed E-state index contributed by atoms with van der Waals surface area (Å²) in [6.07, 6.45) is -4.25. The van der Waals surface area contributed by atoms with E-state index in [0.29, 0.717) is 17.7 Å². The van der Waals surface area contributed by atoms with Crippen molar-refractivity contribution >= 4 is 23.5 Å². The Balaban J connectivity index is 1.98. The molecule has 1 aliphatic heterocycles. The van der Waals surface area contributed by atoms with Crippen molar-refractivity contribution in [3.63, 3.8) is 0 Å². The zero-order valence-electron chi connectivity index (χ0n) is 12.6. The second kappa shape index (κ2) is 5.22. The van der Waals surface area contributed by atoms with E-state index in [1.165, 1.54) is 12.1 Å². The number of nitrogens with one attached hydrogen (secondary N) is 2. The molecule has 0 bridgehead atoms. The van der Waals surface area contributed by atoms with Gasteiger partial charge in [-0.15, -0.1) is 0 Å². The molecule has 0 aromatic heterocycles. The fourth-order valence-electron chi connectivity index (χ4n) is 2.44. The number of rotatable bonds is 3. The van der Waals surface area contributed by atoms with Crippen LogP contribution >= 0.6 is 0 Å². The maximum absolute atomic E-state index is 13.6. The van der Waals surface area contributed by atoms with Gasteiger partial charge in [-0.2, -0.15) is 13.2 Å². The van der Waals surface area contributed by atoms with Gasteiger partial charge in [-0.25, -0.2) is 9.69 Å². The van der Waals surface area contributed by atoms with Gasteiger partial charge in [-0.05, 0) is 31.9 Å². The predicted molar refractivity (Wildman–Crippen MR) is 76.8 cm³/mol. The normalized spacial score (nSPS) is 24.1. The number of aryl methyl sites for hydroxylation is 1. The van der Waals surface area contributed by atoms with Gasteiger partial charge in [-0.3, -0.25) is 14.9 Å².